The van der Waals surface area contributed by atoms with Gasteiger partial charge < -0.3 is 16.4 Å². The summed E-state index contributed by atoms with van der Waals surface area (Å²) in [6.45, 7) is 8.53. The summed E-state index contributed by atoms with van der Waals surface area (Å²) in [6.07, 6.45) is 1.32. The average Bonchev–Trinajstić information content (AvgIpc) is 3.00. The van der Waals surface area contributed by atoms with Crippen molar-refractivity contribution in [3.05, 3.63) is 53.1 Å². The van der Waals surface area contributed by atoms with Crippen LogP contribution in [-0.2, 0) is 17.8 Å². The SMILES string of the molecule is CCNC(=NCC(Cc1ccc(F)cc1)C(N)=O)NCCCn1nc(C)cc1C. The third-order valence-electron chi connectivity index (χ3n) is 4.55. The average molecular weight is 403 g/mol. The molecule has 8 heteroatoms. The fourth-order valence-corrected chi connectivity index (χ4v) is 3.04. The minimum absolute atomic E-state index is 0.263. The zero-order valence-corrected chi connectivity index (χ0v) is 17.4. The van der Waals surface area contributed by atoms with Gasteiger partial charge in [0.05, 0.1) is 18.2 Å². The molecule has 1 atom stereocenters. The summed E-state index contributed by atoms with van der Waals surface area (Å²) in [5.41, 5.74) is 8.56. The molecule has 0 aliphatic carbocycles. The van der Waals surface area contributed by atoms with Gasteiger partial charge in [-0.25, -0.2) is 4.39 Å². The molecule has 1 aromatic heterocycles. The molecule has 1 heterocycles. The van der Waals surface area contributed by atoms with E-state index < -0.39 is 11.8 Å². The van der Waals surface area contributed by atoms with Gasteiger partial charge in [0, 0.05) is 25.3 Å². The number of benzene rings is 1. The number of amides is 1. The molecule has 0 fully saturated rings. The fourth-order valence-electron chi connectivity index (χ4n) is 3.04. The van der Waals surface area contributed by atoms with E-state index in [0.717, 1.165) is 36.5 Å². The highest BCUT2D eigenvalue weighted by Crippen LogP contribution is 2.10. The van der Waals surface area contributed by atoms with Gasteiger partial charge in [0.15, 0.2) is 5.96 Å². The first-order valence-corrected chi connectivity index (χ1v) is 9.96. The van der Waals surface area contributed by atoms with Gasteiger partial charge >= 0.3 is 0 Å². The number of aliphatic imine (C=N–C) groups is 1. The predicted molar refractivity (Wildman–Crippen MR) is 113 cm³/mol. The fraction of sp³-hybridized carbons (Fsp3) is 0.476. The first-order valence-electron chi connectivity index (χ1n) is 9.96. The Hall–Kier alpha value is -2.90. The minimum Gasteiger partial charge on any atom is -0.369 e. The molecule has 0 saturated heterocycles. The number of carbonyl (C=O) groups excluding carboxylic acids is 1. The Morgan fingerprint density at radius 3 is 2.59 bits per heavy atom. The maximum Gasteiger partial charge on any atom is 0.222 e. The van der Waals surface area contributed by atoms with Crippen molar-refractivity contribution in [3.63, 3.8) is 0 Å². The van der Waals surface area contributed by atoms with Crippen LogP contribution in [0, 0.1) is 25.6 Å². The first-order chi connectivity index (χ1) is 13.9. The van der Waals surface area contributed by atoms with Crippen LogP contribution >= 0.6 is 0 Å². The topological polar surface area (TPSA) is 97.3 Å². The van der Waals surface area contributed by atoms with E-state index >= 15 is 0 Å². The number of aryl methyl sites for hydroxylation is 3. The van der Waals surface area contributed by atoms with E-state index in [1.54, 1.807) is 12.1 Å². The molecule has 158 valence electrons. The van der Waals surface area contributed by atoms with E-state index in [4.69, 9.17) is 5.73 Å². The molecule has 0 aliphatic heterocycles. The molecule has 1 unspecified atom stereocenters. The number of hydrogen-bond donors (Lipinski definition) is 3. The second kappa shape index (κ2) is 11.2. The van der Waals surface area contributed by atoms with E-state index in [2.05, 4.69) is 26.8 Å². The van der Waals surface area contributed by atoms with Crippen molar-refractivity contribution >= 4 is 11.9 Å². The van der Waals surface area contributed by atoms with Gasteiger partial charge in [-0.3, -0.25) is 14.5 Å². The molecule has 0 bridgehead atoms. The molecule has 7 nitrogen and oxygen atoms in total. The summed E-state index contributed by atoms with van der Waals surface area (Å²) >= 11 is 0. The van der Waals surface area contributed by atoms with Gasteiger partial charge in [0.1, 0.15) is 5.82 Å². The van der Waals surface area contributed by atoms with Crippen molar-refractivity contribution in [2.24, 2.45) is 16.6 Å². The highest BCUT2D eigenvalue weighted by molar-refractivity contribution is 5.81. The molecule has 0 saturated carbocycles. The Labute approximate surface area is 171 Å². The molecule has 0 spiro atoms. The predicted octanol–water partition coefficient (Wildman–Crippen LogP) is 1.93. The Morgan fingerprint density at radius 2 is 2.00 bits per heavy atom. The quantitative estimate of drug-likeness (QED) is 0.321. The number of primary amides is 1. The van der Waals surface area contributed by atoms with Crippen LogP contribution in [-0.4, -0.2) is 41.3 Å². The van der Waals surface area contributed by atoms with Crippen molar-refractivity contribution in [3.8, 4) is 0 Å². The number of halogens is 1. The maximum absolute atomic E-state index is 13.1. The molecular weight excluding hydrogens is 371 g/mol. The Kier molecular flexibility index (Phi) is 8.64. The van der Waals surface area contributed by atoms with Gasteiger partial charge in [-0.05, 0) is 57.4 Å². The largest absolute Gasteiger partial charge is 0.369 e. The van der Waals surface area contributed by atoms with Gasteiger partial charge in [-0.15, -0.1) is 0 Å². The van der Waals surface area contributed by atoms with E-state index in [1.807, 2.05) is 25.5 Å². The lowest BCUT2D eigenvalue weighted by atomic mass is 9.99. The lowest BCUT2D eigenvalue weighted by Gasteiger charge is -2.15. The molecule has 4 N–H and O–H groups in total. The normalized spacial score (nSPS) is 12.6. The standard InChI is InChI=1S/C21H31FN6O/c1-4-24-21(25-10-5-11-28-16(3)12-15(2)27-28)26-14-18(20(23)29)13-17-6-8-19(22)9-7-17/h6-9,12,18H,4-5,10-11,13-14H2,1-3H3,(H2,23,29)(H2,24,25,26). The van der Waals surface area contributed by atoms with E-state index in [9.17, 15) is 9.18 Å². The zero-order valence-electron chi connectivity index (χ0n) is 17.4. The van der Waals surface area contributed by atoms with Crippen molar-refractivity contribution in [2.75, 3.05) is 19.6 Å². The second-order valence-electron chi connectivity index (χ2n) is 7.08. The number of carbonyl (C=O) groups is 1. The first kappa shape index (κ1) is 22.4. The maximum atomic E-state index is 13.1. The molecule has 0 radical (unpaired) electrons. The van der Waals surface area contributed by atoms with Gasteiger partial charge in [0.25, 0.3) is 0 Å². The minimum atomic E-state index is -0.453. The van der Waals surface area contributed by atoms with Crippen molar-refractivity contribution < 1.29 is 9.18 Å². The third kappa shape index (κ3) is 7.56. The molecule has 0 aliphatic rings. The van der Waals surface area contributed by atoms with Crippen LogP contribution < -0.4 is 16.4 Å². The Balaban J connectivity index is 1.88. The number of hydrogen-bond acceptors (Lipinski definition) is 3. The summed E-state index contributed by atoms with van der Waals surface area (Å²) < 4.78 is 15.1. The molecule has 2 aromatic rings. The Bertz CT molecular complexity index is 815. The summed E-state index contributed by atoms with van der Waals surface area (Å²) in [6, 6.07) is 8.15. The van der Waals surface area contributed by atoms with Crippen LogP contribution in [0.2, 0.25) is 0 Å². The van der Waals surface area contributed by atoms with E-state index in [-0.39, 0.29) is 12.4 Å². The van der Waals surface area contributed by atoms with E-state index in [0.29, 0.717) is 18.9 Å². The number of aromatic nitrogens is 2. The van der Waals surface area contributed by atoms with Crippen LogP contribution in [0.25, 0.3) is 0 Å². The highest BCUT2D eigenvalue weighted by atomic mass is 19.1. The van der Waals surface area contributed by atoms with Crippen LogP contribution in [0.5, 0.6) is 0 Å². The van der Waals surface area contributed by atoms with Crippen molar-refractivity contribution in [2.45, 2.75) is 40.2 Å². The third-order valence-corrected chi connectivity index (χ3v) is 4.55. The van der Waals surface area contributed by atoms with Crippen LogP contribution in [0.4, 0.5) is 4.39 Å². The second-order valence-corrected chi connectivity index (χ2v) is 7.08. The highest BCUT2D eigenvalue weighted by Gasteiger charge is 2.16. The lowest BCUT2D eigenvalue weighted by molar-refractivity contribution is -0.121. The van der Waals surface area contributed by atoms with Gasteiger partial charge in [-0.1, -0.05) is 12.1 Å². The molecule has 29 heavy (non-hydrogen) atoms. The molecule has 2 rings (SSSR count). The van der Waals surface area contributed by atoms with E-state index in [1.165, 1.54) is 12.1 Å². The summed E-state index contributed by atoms with van der Waals surface area (Å²) in [4.78, 5) is 16.3. The number of rotatable bonds is 10. The molecule has 1 aromatic carbocycles. The van der Waals surface area contributed by atoms with Crippen molar-refractivity contribution in [1.29, 1.82) is 0 Å². The number of guanidine groups is 1. The van der Waals surface area contributed by atoms with Crippen molar-refractivity contribution in [1.82, 2.24) is 20.4 Å². The zero-order chi connectivity index (χ0) is 21.2. The Morgan fingerprint density at radius 1 is 1.28 bits per heavy atom. The number of nitrogens with one attached hydrogen (secondary N) is 2. The monoisotopic (exact) mass is 402 g/mol. The van der Waals surface area contributed by atoms with Crippen LogP contribution in [0.1, 0.15) is 30.3 Å². The van der Waals surface area contributed by atoms with Crippen LogP contribution in [0.3, 0.4) is 0 Å². The summed E-state index contributed by atoms with van der Waals surface area (Å²) in [7, 11) is 0. The summed E-state index contributed by atoms with van der Waals surface area (Å²) in [5, 5.41) is 10.9. The summed E-state index contributed by atoms with van der Waals surface area (Å²) in [5.74, 6) is -0.531. The van der Waals surface area contributed by atoms with Gasteiger partial charge in [0.2, 0.25) is 5.91 Å². The molecular formula is C21H31FN6O. The lowest BCUT2D eigenvalue weighted by Crippen LogP contribution is -2.39. The molecule has 1 amide bonds. The smallest absolute Gasteiger partial charge is 0.222 e. The number of nitrogens with zero attached hydrogens (tertiary/aromatic N) is 3. The van der Waals surface area contributed by atoms with Gasteiger partial charge in [-0.2, -0.15) is 5.10 Å². The number of nitrogens with two attached hydrogens (primary N) is 1. The van der Waals surface area contributed by atoms with Crippen LogP contribution in [0.15, 0.2) is 35.3 Å².